The smallest absolute Gasteiger partial charge is 0.319 e. The highest BCUT2D eigenvalue weighted by Gasteiger charge is 2.44. The van der Waals surface area contributed by atoms with E-state index in [1.54, 1.807) is 12.1 Å². The van der Waals surface area contributed by atoms with E-state index in [4.69, 9.17) is 0 Å². The molecule has 2 N–H and O–H groups in total. The maximum absolute atomic E-state index is 12.8. The number of rotatable bonds is 4. The number of hydrogen-bond acceptors (Lipinski definition) is 1. The van der Waals surface area contributed by atoms with Gasteiger partial charge in [-0.15, -0.1) is 0 Å². The fourth-order valence-corrected chi connectivity index (χ4v) is 2.58. The van der Waals surface area contributed by atoms with Crippen molar-refractivity contribution in [3.63, 3.8) is 0 Å². The van der Waals surface area contributed by atoms with Gasteiger partial charge in [0.15, 0.2) is 0 Å². The van der Waals surface area contributed by atoms with Crippen LogP contribution in [0.1, 0.15) is 24.0 Å². The molecule has 22 heavy (non-hydrogen) atoms. The van der Waals surface area contributed by atoms with Gasteiger partial charge in [-0.25, -0.2) is 9.18 Å². The number of aryl methyl sites for hydroxylation is 1. The largest absolute Gasteiger partial charge is 0.337 e. The Hall–Kier alpha value is -2.36. The maximum Gasteiger partial charge on any atom is 0.319 e. The molecule has 2 aromatic carbocycles. The van der Waals surface area contributed by atoms with Crippen LogP contribution in [-0.2, 0) is 5.41 Å². The fraction of sp³-hybridized carbons (Fsp3) is 0.278. The predicted molar refractivity (Wildman–Crippen MR) is 85.5 cm³/mol. The van der Waals surface area contributed by atoms with Crippen molar-refractivity contribution >= 4 is 11.7 Å². The molecule has 0 atom stereocenters. The lowest BCUT2D eigenvalue weighted by atomic mass is 9.95. The highest BCUT2D eigenvalue weighted by molar-refractivity contribution is 5.89. The van der Waals surface area contributed by atoms with Crippen molar-refractivity contribution in [2.75, 3.05) is 11.9 Å². The number of nitrogens with one attached hydrogen (secondary N) is 2. The Morgan fingerprint density at radius 3 is 2.32 bits per heavy atom. The second kappa shape index (κ2) is 5.79. The van der Waals surface area contributed by atoms with Crippen LogP contribution < -0.4 is 10.6 Å². The molecular weight excluding hydrogens is 279 g/mol. The molecule has 0 aromatic heterocycles. The minimum atomic E-state index is -0.317. The molecule has 1 aliphatic rings. The van der Waals surface area contributed by atoms with Gasteiger partial charge in [-0.2, -0.15) is 0 Å². The molecule has 4 heteroatoms. The average molecular weight is 298 g/mol. The van der Waals surface area contributed by atoms with Gasteiger partial charge < -0.3 is 10.6 Å². The van der Waals surface area contributed by atoms with Crippen molar-refractivity contribution in [3.8, 4) is 0 Å². The summed E-state index contributed by atoms with van der Waals surface area (Å²) < 4.78 is 12.8. The van der Waals surface area contributed by atoms with Crippen molar-refractivity contribution in [1.29, 1.82) is 0 Å². The molecule has 2 amide bonds. The molecule has 0 spiro atoms. The van der Waals surface area contributed by atoms with E-state index in [0.717, 1.165) is 12.8 Å². The molecular formula is C18H19FN2O. The first kappa shape index (κ1) is 14.6. The van der Waals surface area contributed by atoms with Crippen LogP contribution in [0.5, 0.6) is 0 Å². The molecule has 2 aromatic rings. The molecule has 3 rings (SSSR count). The first-order chi connectivity index (χ1) is 10.6. The van der Waals surface area contributed by atoms with E-state index in [1.807, 2.05) is 0 Å². The summed E-state index contributed by atoms with van der Waals surface area (Å²) in [6, 6.07) is 14.0. The first-order valence-electron chi connectivity index (χ1n) is 7.45. The standard InChI is InChI=1S/C18H19FN2O/c1-13-2-4-14(5-3-13)18(10-11-18)12-20-17(22)21-16-8-6-15(19)7-9-16/h2-9H,10-12H2,1H3,(H2,20,21,22). The minimum Gasteiger partial charge on any atom is -0.337 e. The maximum atomic E-state index is 12.8. The van der Waals surface area contributed by atoms with E-state index < -0.39 is 0 Å². The SMILES string of the molecule is Cc1ccc(C2(CNC(=O)Nc3ccc(F)cc3)CC2)cc1. The Labute approximate surface area is 129 Å². The monoisotopic (exact) mass is 298 g/mol. The summed E-state index contributed by atoms with van der Waals surface area (Å²) in [6.45, 7) is 2.68. The molecule has 0 aliphatic heterocycles. The summed E-state index contributed by atoms with van der Waals surface area (Å²) in [7, 11) is 0. The Kier molecular flexibility index (Phi) is 3.84. The topological polar surface area (TPSA) is 41.1 Å². The van der Waals surface area contributed by atoms with Crippen LogP contribution in [-0.4, -0.2) is 12.6 Å². The molecule has 0 radical (unpaired) electrons. The number of amides is 2. The zero-order valence-electron chi connectivity index (χ0n) is 12.5. The van der Waals surface area contributed by atoms with Gasteiger partial charge in [0, 0.05) is 17.6 Å². The predicted octanol–water partition coefficient (Wildman–Crippen LogP) is 3.99. The van der Waals surface area contributed by atoms with Gasteiger partial charge in [0.25, 0.3) is 0 Å². The third-order valence-electron chi connectivity index (χ3n) is 4.21. The summed E-state index contributed by atoms with van der Waals surface area (Å²) in [6.07, 6.45) is 2.18. The summed E-state index contributed by atoms with van der Waals surface area (Å²) in [5.41, 5.74) is 3.18. The van der Waals surface area contributed by atoms with Crippen molar-refractivity contribution in [3.05, 3.63) is 65.5 Å². The molecule has 0 bridgehead atoms. The van der Waals surface area contributed by atoms with E-state index >= 15 is 0 Å². The number of carbonyl (C=O) groups excluding carboxylic acids is 1. The molecule has 3 nitrogen and oxygen atoms in total. The Morgan fingerprint density at radius 1 is 1.09 bits per heavy atom. The van der Waals surface area contributed by atoms with E-state index in [9.17, 15) is 9.18 Å². The zero-order chi connectivity index (χ0) is 15.6. The van der Waals surface area contributed by atoms with E-state index in [0.29, 0.717) is 12.2 Å². The number of urea groups is 1. The van der Waals surface area contributed by atoms with Gasteiger partial charge >= 0.3 is 6.03 Å². The summed E-state index contributed by atoms with van der Waals surface area (Å²) >= 11 is 0. The first-order valence-corrected chi connectivity index (χ1v) is 7.45. The molecule has 0 unspecified atom stereocenters. The van der Waals surface area contributed by atoms with Crippen molar-refractivity contribution in [1.82, 2.24) is 5.32 Å². The highest BCUT2D eigenvalue weighted by atomic mass is 19.1. The molecule has 114 valence electrons. The van der Waals surface area contributed by atoms with Gasteiger partial charge in [-0.3, -0.25) is 0 Å². The lowest BCUT2D eigenvalue weighted by Gasteiger charge is -2.17. The lowest BCUT2D eigenvalue weighted by Crippen LogP contribution is -2.35. The van der Waals surface area contributed by atoms with Crippen LogP contribution >= 0.6 is 0 Å². The van der Waals surface area contributed by atoms with Gasteiger partial charge in [0.2, 0.25) is 0 Å². The van der Waals surface area contributed by atoms with Crippen molar-refractivity contribution in [2.24, 2.45) is 0 Å². The lowest BCUT2D eigenvalue weighted by molar-refractivity contribution is 0.251. The van der Waals surface area contributed by atoms with Gasteiger partial charge in [0.1, 0.15) is 5.82 Å². The summed E-state index contributed by atoms with van der Waals surface area (Å²) in [5, 5.41) is 5.63. The fourth-order valence-electron chi connectivity index (χ4n) is 2.58. The third kappa shape index (κ3) is 3.27. The highest BCUT2D eigenvalue weighted by Crippen LogP contribution is 2.47. The second-order valence-corrected chi connectivity index (χ2v) is 5.96. The minimum absolute atomic E-state index is 0.0772. The quantitative estimate of drug-likeness (QED) is 0.880. The van der Waals surface area contributed by atoms with Crippen LogP contribution in [0.25, 0.3) is 0 Å². The van der Waals surface area contributed by atoms with Crippen molar-refractivity contribution in [2.45, 2.75) is 25.2 Å². The van der Waals surface area contributed by atoms with Gasteiger partial charge in [-0.05, 0) is 49.6 Å². The zero-order valence-corrected chi connectivity index (χ0v) is 12.5. The Morgan fingerprint density at radius 2 is 1.73 bits per heavy atom. The van der Waals surface area contributed by atoms with Crippen LogP contribution in [0.15, 0.2) is 48.5 Å². The Bertz CT molecular complexity index is 660. The normalized spacial score (nSPS) is 15.2. The molecule has 0 heterocycles. The van der Waals surface area contributed by atoms with E-state index in [-0.39, 0.29) is 17.3 Å². The summed E-state index contributed by atoms with van der Waals surface area (Å²) in [5.74, 6) is -0.317. The number of carbonyl (C=O) groups is 1. The van der Waals surface area contributed by atoms with E-state index in [2.05, 4.69) is 41.8 Å². The molecule has 1 fully saturated rings. The third-order valence-corrected chi connectivity index (χ3v) is 4.21. The molecule has 1 saturated carbocycles. The van der Waals surface area contributed by atoms with Crippen LogP contribution in [0.3, 0.4) is 0 Å². The average Bonchev–Trinajstić information content (AvgIpc) is 3.30. The second-order valence-electron chi connectivity index (χ2n) is 5.96. The summed E-state index contributed by atoms with van der Waals surface area (Å²) in [4.78, 5) is 11.9. The van der Waals surface area contributed by atoms with Crippen molar-refractivity contribution < 1.29 is 9.18 Å². The van der Waals surface area contributed by atoms with Crippen LogP contribution in [0, 0.1) is 12.7 Å². The number of benzene rings is 2. The number of hydrogen-bond donors (Lipinski definition) is 2. The molecule has 1 aliphatic carbocycles. The van der Waals surface area contributed by atoms with Gasteiger partial charge in [0.05, 0.1) is 0 Å². The number of anilines is 1. The molecule has 0 saturated heterocycles. The Balaban J connectivity index is 1.56. The van der Waals surface area contributed by atoms with E-state index in [1.165, 1.54) is 23.3 Å². The number of halogens is 1. The van der Waals surface area contributed by atoms with Crippen LogP contribution in [0.4, 0.5) is 14.9 Å². The van der Waals surface area contributed by atoms with Gasteiger partial charge in [-0.1, -0.05) is 29.8 Å². The van der Waals surface area contributed by atoms with Crippen LogP contribution in [0.2, 0.25) is 0 Å².